The summed E-state index contributed by atoms with van der Waals surface area (Å²) in [6, 6.07) is 17.2. The fraction of sp³-hybridized carbons (Fsp3) is 0.0500. The molecule has 0 fully saturated rings. The fourth-order valence-electron chi connectivity index (χ4n) is 2.92. The molecule has 4 aromatic rings. The van der Waals surface area contributed by atoms with Crippen molar-refractivity contribution in [2.75, 3.05) is 7.11 Å². The number of nitro groups is 1. The Bertz CT molecular complexity index is 1180. The molecule has 0 atom stereocenters. The van der Waals surface area contributed by atoms with E-state index in [-0.39, 0.29) is 11.2 Å². The molecule has 3 aromatic carbocycles. The van der Waals surface area contributed by atoms with Crippen LogP contribution in [-0.4, -0.2) is 17.0 Å². The third-order valence-electron chi connectivity index (χ3n) is 4.17. The molecule has 27 heavy (non-hydrogen) atoms. The van der Waals surface area contributed by atoms with Crippen LogP contribution in [-0.2, 0) is 0 Å². The Kier molecular flexibility index (Phi) is 4.25. The summed E-state index contributed by atoms with van der Waals surface area (Å²) in [7, 11) is 1.56. The number of rotatable bonds is 4. The molecule has 1 heterocycles. The van der Waals surface area contributed by atoms with Crippen LogP contribution < -0.4 is 9.47 Å². The number of nitro benzene ring substituents is 1. The smallest absolute Gasteiger partial charge is 0.295 e. The summed E-state index contributed by atoms with van der Waals surface area (Å²) < 4.78 is 11.4. The first-order valence-electron chi connectivity index (χ1n) is 8.05. The highest BCUT2D eigenvalue weighted by molar-refractivity contribution is 6.37. The number of benzene rings is 3. The molecule has 4 rings (SSSR count). The summed E-state index contributed by atoms with van der Waals surface area (Å²) in [5.41, 5.74) is 0.584. The van der Waals surface area contributed by atoms with Crippen molar-refractivity contribution >= 4 is 39.1 Å². The Hall–Kier alpha value is -3.38. The van der Waals surface area contributed by atoms with Gasteiger partial charge < -0.3 is 9.47 Å². The first kappa shape index (κ1) is 17.1. The number of hydrogen-bond acceptors (Lipinski definition) is 5. The van der Waals surface area contributed by atoms with Gasteiger partial charge in [-0.2, -0.15) is 0 Å². The van der Waals surface area contributed by atoms with Crippen molar-refractivity contribution in [3.63, 3.8) is 0 Å². The van der Waals surface area contributed by atoms with Gasteiger partial charge in [-0.1, -0.05) is 29.8 Å². The molecule has 6 nitrogen and oxygen atoms in total. The summed E-state index contributed by atoms with van der Waals surface area (Å²) in [5, 5.41) is 12.8. The Morgan fingerprint density at radius 3 is 2.52 bits per heavy atom. The third kappa shape index (κ3) is 3.00. The fourth-order valence-corrected chi connectivity index (χ4v) is 3.16. The number of para-hydroxylation sites is 1. The van der Waals surface area contributed by atoms with E-state index in [1.165, 1.54) is 12.1 Å². The van der Waals surface area contributed by atoms with E-state index in [0.29, 0.717) is 38.6 Å². The van der Waals surface area contributed by atoms with E-state index in [9.17, 15) is 10.1 Å². The quantitative estimate of drug-likeness (QED) is 0.256. The molecule has 0 aliphatic carbocycles. The Morgan fingerprint density at radius 1 is 1.04 bits per heavy atom. The van der Waals surface area contributed by atoms with Gasteiger partial charge in [0.2, 0.25) is 0 Å². The van der Waals surface area contributed by atoms with Crippen LogP contribution in [0.15, 0.2) is 60.7 Å². The van der Waals surface area contributed by atoms with E-state index in [4.69, 9.17) is 21.1 Å². The maximum Gasteiger partial charge on any atom is 0.295 e. The van der Waals surface area contributed by atoms with Gasteiger partial charge in [0.25, 0.3) is 5.69 Å². The van der Waals surface area contributed by atoms with Gasteiger partial charge in [0.15, 0.2) is 5.52 Å². The van der Waals surface area contributed by atoms with Gasteiger partial charge in [-0.3, -0.25) is 10.1 Å². The van der Waals surface area contributed by atoms with E-state index in [2.05, 4.69) is 4.98 Å². The van der Waals surface area contributed by atoms with Crippen LogP contribution >= 0.6 is 11.6 Å². The number of hydrogen-bond donors (Lipinski definition) is 0. The van der Waals surface area contributed by atoms with Crippen LogP contribution in [0.5, 0.6) is 17.2 Å². The molecule has 0 bridgehead atoms. The lowest BCUT2D eigenvalue weighted by Crippen LogP contribution is -1.96. The van der Waals surface area contributed by atoms with Crippen molar-refractivity contribution in [1.29, 1.82) is 0 Å². The molecule has 0 radical (unpaired) electrons. The molecule has 0 saturated carbocycles. The van der Waals surface area contributed by atoms with E-state index >= 15 is 0 Å². The number of aromatic nitrogens is 1. The largest absolute Gasteiger partial charge is 0.497 e. The summed E-state index contributed by atoms with van der Waals surface area (Å²) in [5.74, 6) is 1.59. The molecule has 0 unspecified atom stereocenters. The van der Waals surface area contributed by atoms with Crippen LogP contribution in [0.2, 0.25) is 5.02 Å². The number of halogens is 1. The van der Waals surface area contributed by atoms with E-state index in [1.807, 2.05) is 18.2 Å². The van der Waals surface area contributed by atoms with Gasteiger partial charge in [-0.05, 0) is 36.4 Å². The van der Waals surface area contributed by atoms with Gasteiger partial charge in [0, 0.05) is 11.5 Å². The summed E-state index contributed by atoms with van der Waals surface area (Å²) in [4.78, 5) is 15.5. The van der Waals surface area contributed by atoms with Crippen molar-refractivity contribution < 1.29 is 14.4 Å². The summed E-state index contributed by atoms with van der Waals surface area (Å²) >= 11 is 6.41. The Labute approximate surface area is 159 Å². The summed E-state index contributed by atoms with van der Waals surface area (Å²) in [6.07, 6.45) is 0. The van der Waals surface area contributed by atoms with Gasteiger partial charge in [0.05, 0.1) is 28.0 Å². The van der Waals surface area contributed by atoms with Crippen LogP contribution in [0.3, 0.4) is 0 Å². The Balaban J connectivity index is 2.13. The van der Waals surface area contributed by atoms with Gasteiger partial charge in [-0.25, -0.2) is 4.98 Å². The number of methoxy groups -OCH3 is 1. The lowest BCUT2D eigenvalue weighted by atomic mass is 10.1. The monoisotopic (exact) mass is 380 g/mol. The number of nitrogens with zero attached hydrogens (tertiary/aromatic N) is 2. The minimum absolute atomic E-state index is 0.134. The van der Waals surface area contributed by atoms with Crippen LogP contribution in [0.1, 0.15) is 0 Å². The minimum atomic E-state index is -0.479. The van der Waals surface area contributed by atoms with Crippen molar-refractivity contribution in [3.8, 4) is 17.2 Å². The predicted octanol–water partition coefficient (Wildman–Crippen LogP) is 5.75. The zero-order valence-corrected chi connectivity index (χ0v) is 14.9. The maximum absolute atomic E-state index is 11.5. The SMILES string of the molecule is COc1ccc2nc3c([N+](=O)[O-])ccc(Cl)c3c(Oc3ccccc3)c2c1. The molecule has 1 aromatic heterocycles. The van der Waals surface area contributed by atoms with Crippen molar-refractivity contribution in [2.45, 2.75) is 0 Å². The molecular formula is C20H13ClN2O4. The van der Waals surface area contributed by atoms with Crippen molar-refractivity contribution in [3.05, 3.63) is 75.8 Å². The molecule has 0 aliphatic rings. The third-order valence-corrected chi connectivity index (χ3v) is 4.49. The lowest BCUT2D eigenvalue weighted by molar-refractivity contribution is -0.383. The highest BCUT2D eigenvalue weighted by Gasteiger charge is 2.22. The van der Waals surface area contributed by atoms with Gasteiger partial charge in [-0.15, -0.1) is 0 Å². The normalized spacial score (nSPS) is 10.9. The standard InChI is InChI=1S/C20H13ClN2O4/c1-26-13-7-9-16-14(11-13)20(27-12-5-3-2-4-6-12)18-15(21)8-10-17(23(24)25)19(18)22-16/h2-11H,1H3. The predicted molar refractivity (Wildman–Crippen MR) is 104 cm³/mol. The summed E-state index contributed by atoms with van der Waals surface area (Å²) in [6.45, 7) is 0. The minimum Gasteiger partial charge on any atom is -0.497 e. The number of ether oxygens (including phenoxy) is 2. The highest BCUT2D eigenvalue weighted by atomic mass is 35.5. The average molecular weight is 381 g/mol. The molecule has 0 amide bonds. The average Bonchev–Trinajstić information content (AvgIpc) is 2.68. The number of fused-ring (bicyclic) bond motifs is 2. The van der Waals surface area contributed by atoms with E-state index in [0.717, 1.165) is 0 Å². The zero-order chi connectivity index (χ0) is 19.0. The van der Waals surface area contributed by atoms with E-state index in [1.54, 1.807) is 37.4 Å². The second-order valence-corrected chi connectivity index (χ2v) is 6.19. The first-order valence-corrected chi connectivity index (χ1v) is 8.43. The molecule has 0 saturated heterocycles. The van der Waals surface area contributed by atoms with Crippen LogP contribution in [0.25, 0.3) is 21.8 Å². The van der Waals surface area contributed by atoms with Crippen LogP contribution in [0.4, 0.5) is 5.69 Å². The van der Waals surface area contributed by atoms with Crippen LogP contribution in [0, 0.1) is 10.1 Å². The second-order valence-electron chi connectivity index (χ2n) is 5.79. The number of non-ortho nitro benzene ring substituents is 1. The van der Waals surface area contributed by atoms with Gasteiger partial charge >= 0.3 is 0 Å². The maximum atomic E-state index is 11.5. The first-order chi connectivity index (χ1) is 13.1. The number of pyridine rings is 1. The lowest BCUT2D eigenvalue weighted by Gasteiger charge is -2.14. The molecule has 0 spiro atoms. The van der Waals surface area contributed by atoms with Crippen molar-refractivity contribution in [2.24, 2.45) is 0 Å². The van der Waals surface area contributed by atoms with Crippen molar-refractivity contribution in [1.82, 2.24) is 4.98 Å². The second kappa shape index (κ2) is 6.74. The molecular weight excluding hydrogens is 368 g/mol. The molecule has 0 N–H and O–H groups in total. The van der Waals surface area contributed by atoms with E-state index < -0.39 is 4.92 Å². The zero-order valence-electron chi connectivity index (χ0n) is 14.2. The molecule has 0 aliphatic heterocycles. The Morgan fingerprint density at radius 2 is 1.81 bits per heavy atom. The topological polar surface area (TPSA) is 74.5 Å². The van der Waals surface area contributed by atoms with Gasteiger partial charge in [0.1, 0.15) is 17.2 Å². The molecule has 7 heteroatoms. The molecule has 134 valence electrons. The highest BCUT2D eigenvalue weighted by Crippen LogP contribution is 2.43.